The molecule has 1 nitrogen and oxygen atoms in total. The minimum Gasteiger partial charge on any atom is -0.299 e. The van der Waals surface area contributed by atoms with Crippen molar-refractivity contribution in [3.63, 3.8) is 0 Å². The Hall–Kier alpha value is -0.850. The van der Waals surface area contributed by atoms with Crippen LogP contribution >= 0.6 is 0 Å². The zero-order valence-corrected chi connectivity index (χ0v) is 15.9. The first-order valence-corrected chi connectivity index (χ1v) is 9.36. The summed E-state index contributed by atoms with van der Waals surface area (Å²) in [7, 11) is 0. The highest BCUT2D eigenvalue weighted by molar-refractivity contribution is 5.80. The second kappa shape index (κ2) is 12.7. The second-order valence-electron chi connectivity index (χ2n) is 6.53. The number of rotatable bonds is 12. The molecule has 0 spiro atoms. The average Bonchev–Trinajstić information content (AvgIpc) is 2.54. The highest BCUT2D eigenvalue weighted by Gasteiger charge is 2.18. The standard InChI is InChI=1S/C21H38O/c1-7-18(8-2)13-12-14-19(9-3)15-17(6)16-20(10-4)21(22)11-5/h7,14,17,20H,8-13,15-16H2,1-6H3/b18-7-,19-14+/t17-,20+/m0/s1. The molecule has 0 unspecified atom stereocenters. The van der Waals surface area contributed by atoms with Gasteiger partial charge in [0, 0.05) is 12.3 Å². The molecule has 0 aromatic heterocycles. The summed E-state index contributed by atoms with van der Waals surface area (Å²) in [5, 5.41) is 0. The van der Waals surface area contributed by atoms with E-state index in [9.17, 15) is 4.79 Å². The lowest BCUT2D eigenvalue weighted by Gasteiger charge is -2.19. The maximum absolute atomic E-state index is 11.9. The Morgan fingerprint density at radius 1 is 1.00 bits per heavy atom. The monoisotopic (exact) mass is 306 g/mol. The van der Waals surface area contributed by atoms with Crippen LogP contribution in [0.4, 0.5) is 0 Å². The van der Waals surface area contributed by atoms with E-state index in [0.29, 0.717) is 18.1 Å². The van der Waals surface area contributed by atoms with E-state index >= 15 is 0 Å². The Morgan fingerprint density at radius 3 is 2.09 bits per heavy atom. The van der Waals surface area contributed by atoms with Crippen molar-refractivity contribution in [2.24, 2.45) is 11.8 Å². The molecule has 0 aromatic rings. The topological polar surface area (TPSA) is 17.1 Å². The number of carbonyl (C=O) groups excluding carboxylic acids is 1. The molecule has 22 heavy (non-hydrogen) atoms. The molecule has 0 radical (unpaired) electrons. The number of allylic oxidation sites excluding steroid dienone is 4. The van der Waals surface area contributed by atoms with E-state index in [2.05, 4.69) is 46.8 Å². The third-order valence-electron chi connectivity index (χ3n) is 4.81. The Bertz CT molecular complexity index is 362. The maximum atomic E-state index is 11.9. The van der Waals surface area contributed by atoms with Gasteiger partial charge in [-0.1, -0.05) is 57.9 Å². The lowest BCUT2D eigenvalue weighted by Crippen LogP contribution is -2.16. The molecule has 0 N–H and O–H groups in total. The smallest absolute Gasteiger partial charge is 0.135 e. The fraction of sp³-hybridized carbons (Fsp3) is 0.762. The second-order valence-corrected chi connectivity index (χ2v) is 6.53. The van der Waals surface area contributed by atoms with E-state index in [1.165, 1.54) is 12.8 Å². The molecule has 0 fully saturated rings. The highest BCUT2D eigenvalue weighted by Crippen LogP contribution is 2.25. The van der Waals surface area contributed by atoms with E-state index in [4.69, 9.17) is 0 Å². The normalized spacial score (nSPS) is 15.7. The first-order valence-electron chi connectivity index (χ1n) is 9.36. The van der Waals surface area contributed by atoms with Crippen molar-refractivity contribution < 1.29 is 4.79 Å². The summed E-state index contributed by atoms with van der Waals surface area (Å²) in [6.07, 6.45) is 13.2. The molecule has 1 heteroatoms. The van der Waals surface area contributed by atoms with Crippen molar-refractivity contribution in [3.05, 3.63) is 23.3 Å². The quantitative estimate of drug-likeness (QED) is 0.359. The number of Topliss-reactive ketones (excluding diaryl/α,β-unsaturated/α-hetero) is 1. The van der Waals surface area contributed by atoms with Crippen molar-refractivity contribution in [2.75, 3.05) is 0 Å². The lowest BCUT2D eigenvalue weighted by atomic mass is 9.85. The fourth-order valence-electron chi connectivity index (χ4n) is 3.19. The van der Waals surface area contributed by atoms with Crippen molar-refractivity contribution in [2.45, 2.75) is 92.9 Å². The summed E-state index contributed by atoms with van der Waals surface area (Å²) < 4.78 is 0. The molecule has 0 aliphatic heterocycles. The summed E-state index contributed by atoms with van der Waals surface area (Å²) >= 11 is 0. The van der Waals surface area contributed by atoms with Gasteiger partial charge in [0.1, 0.15) is 5.78 Å². The van der Waals surface area contributed by atoms with E-state index in [-0.39, 0.29) is 5.92 Å². The van der Waals surface area contributed by atoms with E-state index in [0.717, 1.165) is 32.1 Å². The van der Waals surface area contributed by atoms with Crippen LogP contribution < -0.4 is 0 Å². The predicted octanol–water partition coefficient (Wildman–Crippen LogP) is 6.88. The molecule has 0 aromatic carbocycles. The van der Waals surface area contributed by atoms with Crippen LogP contribution in [0.5, 0.6) is 0 Å². The van der Waals surface area contributed by atoms with Crippen molar-refractivity contribution in [1.29, 1.82) is 0 Å². The molecule has 0 aliphatic rings. The van der Waals surface area contributed by atoms with Crippen LogP contribution in [0.3, 0.4) is 0 Å². The van der Waals surface area contributed by atoms with Gasteiger partial charge in [-0.3, -0.25) is 4.79 Å². The Morgan fingerprint density at radius 2 is 1.64 bits per heavy atom. The lowest BCUT2D eigenvalue weighted by molar-refractivity contribution is -0.123. The Kier molecular flexibility index (Phi) is 12.2. The maximum Gasteiger partial charge on any atom is 0.135 e. The van der Waals surface area contributed by atoms with Gasteiger partial charge in [-0.25, -0.2) is 0 Å². The van der Waals surface area contributed by atoms with Crippen molar-refractivity contribution >= 4 is 5.78 Å². The van der Waals surface area contributed by atoms with E-state index in [1.807, 2.05) is 6.92 Å². The zero-order chi connectivity index (χ0) is 17.0. The number of carbonyl (C=O) groups is 1. The fourth-order valence-corrected chi connectivity index (χ4v) is 3.19. The number of ketones is 1. The summed E-state index contributed by atoms with van der Waals surface area (Å²) in [4.78, 5) is 11.9. The Labute approximate surface area is 139 Å². The van der Waals surface area contributed by atoms with Gasteiger partial charge >= 0.3 is 0 Å². The van der Waals surface area contributed by atoms with Crippen LogP contribution in [0.25, 0.3) is 0 Å². The SMILES string of the molecule is C/C=C(/CC)CC/C=C(\CC)C[C@H](C)C[C@@H](CC)C(=O)CC. The minimum absolute atomic E-state index is 0.271. The largest absolute Gasteiger partial charge is 0.299 e. The van der Waals surface area contributed by atoms with Gasteiger partial charge in [-0.05, 0) is 57.8 Å². The van der Waals surface area contributed by atoms with Crippen LogP contribution in [0.1, 0.15) is 92.9 Å². The van der Waals surface area contributed by atoms with E-state index in [1.54, 1.807) is 11.1 Å². The third kappa shape index (κ3) is 8.56. The molecule has 0 amide bonds. The molecule has 0 heterocycles. The first kappa shape index (κ1) is 21.1. The van der Waals surface area contributed by atoms with Crippen LogP contribution in [-0.2, 0) is 4.79 Å². The molecule has 0 aliphatic carbocycles. The van der Waals surface area contributed by atoms with Gasteiger partial charge in [0.15, 0.2) is 0 Å². The van der Waals surface area contributed by atoms with Crippen LogP contribution in [-0.4, -0.2) is 5.78 Å². The van der Waals surface area contributed by atoms with Gasteiger partial charge in [-0.15, -0.1) is 0 Å². The van der Waals surface area contributed by atoms with Crippen molar-refractivity contribution in [3.8, 4) is 0 Å². The summed E-state index contributed by atoms with van der Waals surface area (Å²) in [6, 6.07) is 0. The number of hydrogen-bond donors (Lipinski definition) is 0. The molecule has 128 valence electrons. The summed E-state index contributed by atoms with van der Waals surface area (Å²) in [6.45, 7) is 13.1. The molecular weight excluding hydrogens is 268 g/mol. The molecule has 2 atom stereocenters. The Balaban J connectivity index is 4.43. The minimum atomic E-state index is 0.271. The average molecular weight is 307 g/mol. The zero-order valence-electron chi connectivity index (χ0n) is 15.9. The van der Waals surface area contributed by atoms with Crippen LogP contribution in [0.15, 0.2) is 23.3 Å². The molecule has 0 saturated carbocycles. The van der Waals surface area contributed by atoms with Crippen LogP contribution in [0.2, 0.25) is 0 Å². The van der Waals surface area contributed by atoms with Gasteiger partial charge in [0.05, 0.1) is 0 Å². The molecule has 0 rings (SSSR count). The van der Waals surface area contributed by atoms with Crippen molar-refractivity contribution in [1.82, 2.24) is 0 Å². The van der Waals surface area contributed by atoms with Gasteiger partial charge in [0.2, 0.25) is 0 Å². The third-order valence-corrected chi connectivity index (χ3v) is 4.81. The molecule has 0 saturated heterocycles. The first-order chi connectivity index (χ1) is 10.5. The van der Waals surface area contributed by atoms with Gasteiger partial charge in [0.25, 0.3) is 0 Å². The van der Waals surface area contributed by atoms with Gasteiger partial charge in [-0.2, -0.15) is 0 Å². The predicted molar refractivity (Wildman–Crippen MR) is 99.1 cm³/mol. The van der Waals surface area contributed by atoms with Gasteiger partial charge < -0.3 is 0 Å². The summed E-state index contributed by atoms with van der Waals surface area (Å²) in [5.41, 5.74) is 3.12. The van der Waals surface area contributed by atoms with Crippen LogP contribution in [0, 0.1) is 11.8 Å². The van der Waals surface area contributed by atoms with E-state index < -0.39 is 0 Å². The number of hydrogen-bond acceptors (Lipinski definition) is 1. The highest BCUT2D eigenvalue weighted by atomic mass is 16.1. The summed E-state index contributed by atoms with van der Waals surface area (Å²) in [5.74, 6) is 1.32. The molecular formula is C21H38O. The molecule has 0 bridgehead atoms.